The summed E-state index contributed by atoms with van der Waals surface area (Å²) < 4.78 is 0. The molecule has 1 fully saturated rings. The Balaban J connectivity index is 2.03. The number of nitrogens with one attached hydrogen (secondary N) is 1. The fraction of sp³-hybridized carbons (Fsp3) is 0.769. The van der Waals surface area contributed by atoms with Crippen LogP contribution in [0.3, 0.4) is 0 Å². The largest absolute Gasteiger partial charge is 0.316 e. The highest BCUT2D eigenvalue weighted by Crippen LogP contribution is 2.39. The summed E-state index contributed by atoms with van der Waals surface area (Å²) in [6.45, 7) is 2.45. The monoisotopic (exact) mass is 238 g/mol. The van der Waals surface area contributed by atoms with Gasteiger partial charge in [-0.05, 0) is 31.7 Å². The molecule has 1 unspecified atom stereocenters. The molecular formula is C13H22N2S. The average molecular weight is 238 g/mol. The van der Waals surface area contributed by atoms with E-state index in [4.69, 9.17) is 0 Å². The molecule has 1 saturated carbocycles. The number of nitrogens with zero attached hydrogens (tertiary/aromatic N) is 1. The van der Waals surface area contributed by atoms with E-state index < -0.39 is 0 Å². The topological polar surface area (TPSA) is 24.9 Å². The first-order valence-corrected chi connectivity index (χ1v) is 7.17. The van der Waals surface area contributed by atoms with Crippen molar-refractivity contribution in [2.24, 2.45) is 5.41 Å². The predicted octanol–water partition coefficient (Wildman–Crippen LogP) is 3.24. The molecule has 2 nitrogen and oxygen atoms in total. The third-order valence-corrected chi connectivity index (χ3v) is 4.88. The molecule has 1 aliphatic carbocycles. The summed E-state index contributed by atoms with van der Waals surface area (Å²) in [7, 11) is 2.10. The van der Waals surface area contributed by atoms with Crippen molar-refractivity contribution in [2.75, 3.05) is 7.05 Å². The number of hydrogen-bond acceptors (Lipinski definition) is 3. The molecule has 2 rings (SSSR count). The smallest absolute Gasteiger partial charge is 0.0794 e. The van der Waals surface area contributed by atoms with Crippen LogP contribution in [0, 0.1) is 5.41 Å². The van der Waals surface area contributed by atoms with E-state index in [2.05, 4.69) is 24.3 Å². The van der Waals surface area contributed by atoms with Crippen LogP contribution >= 0.6 is 11.3 Å². The maximum absolute atomic E-state index is 4.17. The first-order chi connectivity index (χ1) is 7.74. The fourth-order valence-electron chi connectivity index (χ4n) is 2.95. The number of aromatic nitrogens is 1. The Bertz CT molecular complexity index is 302. The van der Waals surface area contributed by atoms with E-state index in [1.807, 2.05) is 11.7 Å². The molecule has 1 aromatic rings. The Labute approximate surface area is 102 Å². The highest BCUT2D eigenvalue weighted by atomic mass is 32.1. The van der Waals surface area contributed by atoms with Crippen LogP contribution in [0.2, 0.25) is 0 Å². The van der Waals surface area contributed by atoms with Crippen LogP contribution in [-0.2, 0) is 6.42 Å². The first kappa shape index (κ1) is 12.1. The number of thiazole rings is 1. The van der Waals surface area contributed by atoms with Gasteiger partial charge in [0.15, 0.2) is 0 Å². The zero-order valence-electron chi connectivity index (χ0n) is 10.3. The van der Waals surface area contributed by atoms with E-state index in [1.54, 1.807) is 11.3 Å². The molecule has 0 spiro atoms. The lowest BCUT2D eigenvalue weighted by atomic mass is 9.69. The van der Waals surface area contributed by atoms with E-state index >= 15 is 0 Å². The van der Waals surface area contributed by atoms with E-state index in [0.717, 1.165) is 6.42 Å². The quantitative estimate of drug-likeness (QED) is 0.871. The maximum atomic E-state index is 4.17. The van der Waals surface area contributed by atoms with Crippen LogP contribution in [0.15, 0.2) is 11.7 Å². The molecule has 0 amide bonds. The third kappa shape index (κ3) is 2.64. The summed E-state index contributed by atoms with van der Waals surface area (Å²) >= 11 is 1.78. The summed E-state index contributed by atoms with van der Waals surface area (Å²) in [5.74, 6) is 0. The van der Waals surface area contributed by atoms with Crippen molar-refractivity contribution in [3.63, 3.8) is 0 Å². The standard InChI is InChI=1S/C13H22N2S/c1-13(6-4-3-5-7-13)12(14-2)8-11-9-15-10-16-11/h9-10,12,14H,3-8H2,1-2H3. The van der Waals surface area contributed by atoms with Crippen molar-refractivity contribution in [3.05, 3.63) is 16.6 Å². The van der Waals surface area contributed by atoms with E-state index in [9.17, 15) is 0 Å². The number of hydrogen-bond donors (Lipinski definition) is 1. The Morgan fingerprint density at radius 2 is 2.19 bits per heavy atom. The molecule has 16 heavy (non-hydrogen) atoms. The van der Waals surface area contributed by atoms with Gasteiger partial charge in [-0.15, -0.1) is 11.3 Å². The second-order valence-corrected chi connectivity index (χ2v) is 6.20. The summed E-state index contributed by atoms with van der Waals surface area (Å²) in [6.07, 6.45) is 10.1. The zero-order valence-corrected chi connectivity index (χ0v) is 11.1. The highest BCUT2D eigenvalue weighted by Gasteiger charge is 2.34. The normalized spacial score (nSPS) is 21.9. The summed E-state index contributed by atoms with van der Waals surface area (Å²) in [6, 6.07) is 0.605. The van der Waals surface area contributed by atoms with Crippen LogP contribution in [0.25, 0.3) is 0 Å². The molecule has 0 radical (unpaired) electrons. The molecule has 90 valence electrons. The zero-order chi connectivity index (χ0) is 11.4. The van der Waals surface area contributed by atoms with Gasteiger partial charge in [-0.1, -0.05) is 26.2 Å². The molecular weight excluding hydrogens is 216 g/mol. The van der Waals surface area contributed by atoms with Gasteiger partial charge in [0.2, 0.25) is 0 Å². The third-order valence-electron chi connectivity index (χ3n) is 4.07. The minimum atomic E-state index is 0.483. The van der Waals surface area contributed by atoms with Crippen molar-refractivity contribution < 1.29 is 0 Å². The Kier molecular flexibility index (Phi) is 3.98. The lowest BCUT2D eigenvalue weighted by molar-refractivity contribution is 0.149. The molecule has 3 heteroatoms. The van der Waals surface area contributed by atoms with Crippen LogP contribution in [0.5, 0.6) is 0 Å². The first-order valence-electron chi connectivity index (χ1n) is 6.29. The summed E-state index contributed by atoms with van der Waals surface area (Å²) in [5, 5.41) is 3.53. The van der Waals surface area contributed by atoms with Gasteiger partial charge in [-0.3, -0.25) is 4.98 Å². The summed E-state index contributed by atoms with van der Waals surface area (Å²) in [4.78, 5) is 5.58. The van der Waals surface area contributed by atoms with E-state index in [0.29, 0.717) is 11.5 Å². The predicted molar refractivity (Wildman–Crippen MR) is 69.9 cm³/mol. The van der Waals surface area contributed by atoms with Crippen LogP contribution in [0.4, 0.5) is 0 Å². The van der Waals surface area contributed by atoms with Gasteiger partial charge in [0, 0.05) is 17.1 Å². The molecule has 0 aromatic carbocycles. The molecule has 1 aromatic heterocycles. The van der Waals surface area contributed by atoms with E-state index in [-0.39, 0.29) is 0 Å². The van der Waals surface area contributed by atoms with Crippen molar-refractivity contribution >= 4 is 11.3 Å². The number of rotatable bonds is 4. The maximum Gasteiger partial charge on any atom is 0.0794 e. The molecule has 0 saturated heterocycles. The van der Waals surface area contributed by atoms with Gasteiger partial charge in [0.25, 0.3) is 0 Å². The van der Waals surface area contributed by atoms with Crippen molar-refractivity contribution in [1.29, 1.82) is 0 Å². The van der Waals surface area contributed by atoms with Gasteiger partial charge in [-0.25, -0.2) is 0 Å². The second kappa shape index (κ2) is 5.28. The van der Waals surface area contributed by atoms with Crippen LogP contribution in [-0.4, -0.2) is 18.1 Å². The lowest BCUT2D eigenvalue weighted by Gasteiger charge is -2.40. The molecule has 1 heterocycles. The van der Waals surface area contributed by atoms with Gasteiger partial charge in [0.1, 0.15) is 0 Å². The average Bonchev–Trinajstić information content (AvgIpc) is 2.79. The Morgan fingerprint density at radius 3 is 2.75 bits per heavy atom. The summed E-state index contributed by atoms with van der Waals surface area (Å²) in [5.41, 5.74) is 2.42. The minimum Gasteiger partial charge on any atom is -0.316 e. The van der Waals surface area contributed by atoms with Crippen molar-refractivity contribution in [1.82, 2.24) is 10.3 Å². The van der Waals surface area contributed by atoms with Gasteiger partial charge < -0.3 is 5.32 Å². The molecule has 0 aliphatic heterocycles. The molecule has 1 N–H and O–H groups in total. The Morgan fingerprint density at radius 1 is 1.44 bits per heavy atom. The molecule has 1 aliphatic rings. The van der Waals surface area contributed by atoms with Gasteiger partial charge in [0.05, 0.1) is 5.51 Å². The van der Waals surface area contributed by atoms with Gasteiger partial charge >= 0.3 is 0 Å². The highest BCUT2D eigenvalue weighted by molar-refractivity contribution is 7.09. The molecule has 1 atom stereocenters. The number of likely N-dealkylation sites (N-methyl/N-ethyl adjacent to an activating group) is 1. The van der Waals surface area contributed by atoms with Crippen LogP contribution < -0.4 is 5.32 Å². The lowest BCUT2D eigenvalue weighted by Crippen LogP contribution is -2.44. The minimum absolute atomic E-state index is 0.483. The fourth-order valence-corrected chi connectivity index (χ4v) is 3.59. The molecule has 0 bridgehead atoms. The van der Waals surface area contributed by atoms with Gasteiger partial charge in [-0.2, -0.15) is 0 Å². The Hall–Kier alpha value is -0.410. The van der Waals surface area contributed by atoms with Crippen molar-refractivity contribution in [2.45, 2.75) is 51.5 Å². The van der Waals surface area contributed by atoms with E-state index in [1.165, 1.54) is 37.0 Å². The second-order valence-electron chi connectivity index (χ2n) is 5.23. The SMILES string of the molecule is CNC(Cc1cncs1)C1(C)CCCCC1. The van der Waals surface area contributed by atoms with Crippen molar-refractivity contribution in [3.8, 4) is 0 Å². The van der Waals surface area contributed by atoms with Crippen LogP contribution in [0.1, 0.15) is 43.9 Å².